The summed E-state index contributed by atoms with van der Waals surface area (Å²) in [4.78, 5) is 24.3. The van der Waals surface area contributed by atoms with Crippen molar-refractivity contribution >= 4 is 23.2 Å². The fraction of sp³-hybridized carbons (Fsp3) is 0.500. The van der Waals surface area contributed by atoms with E-state index in [1.54, 1.807) is 13.8 Å². The molecule has 100 valence electrons. The normalized spacial score (nSPS) is 13.1. The molecule has 0 aliphatic rings. The third kappa shape index (κ3) is 3.30. The Bertz CT molecular complexity index is 415. The number of methoxy groups -OCH3 is 1. The molecule has 1 aromatic heterocycles. The van der Waals surface area contributed by atoms with Crippen molar-refractivity contribution in [2.75, 3.05) is 13.7 Å². The van der Waals surface area contributed by atoms with E-state index in [2.05, 4.69) is 5.32 Å². The van der Waals surface area contributed by atoms with E-state index in [0.29, 0.717) is 0 Å². The van der Waals surface area contributed by atoms with Gasteiger partial charge in [-0.2, -0.15) is 0 Å². The SMILES string of the molecule is COCC(NC(=O)C(C)(C)c1cccs1)C(N)=O. The van der Waals surface area contributed by atoms with Gasteiger partial charge in [0.1, 0.15) is 6.04 Å². The molecule has 18 heavy (non-hydrogen) atoms. The van der Waals surface area contributed by atoms with Crippen LogP contribution in [0.2, 0.25) is 0 Å². The van der Waals surface area contributed by atoms with E-state index in [9.17, 15) is 9.59 Å². The summed E-state index contributed by atoms with van der Waals surface area (Å²) in [6.45, 7) is 3.68. The maximum absolute atomic E-state index is 12.2. The van der Waals surface area contributed by atoms with Crippen LogP contribution in [0.1, 0.15) is 18.7 Å². The summed E-state index contributed by atoms with van der Waals surface area (Å²) in [6, 6.07) is 2.97. The van der Waals surface area contributed by atoms with Crippen molar-refractivity contribution in [3.05, 3.63) is 22.4 Å². The summed E-state index contributed by atoms with van der Waals surface area (Å²) in [6.07, 6.45) is 0. The van der Waals surface area contributed by atoms with Crippen LogP contribution in [0.5, 0.6) is 0 Å². The van der Waals surface area contributed by atoms with Crippen molar-refractivity contribution in [2.45, 2.75) is 25.3 Å². The molecule has 0 saturated heterocycles. The largest absolute Gasteiger partial charge is 0.382 e. The van der Waals surface area contributed by atoms with Crippen LogP contribution in [0, 0.1) is 0 Å². The van der Waals surface area contributed by atoms with Crippen LogP contribution in [-0.4, -0.2) is 31.6 Å². The van der Waals surface area contributed by atoms with Crippen molar-refractivity contribution in [1.82, 2.24) is 5.32 Å². The van der Waals surface area contributed by atoms with E-state index < -0.39 is 17.4 Å². The first-order valence-electron chi connectivity index (χ1n) is 5.52. The van der Waals surface area contributed by atoms with E-state index in [0.717, 1.165) is 4.88 Å². The molecule has 2 amide bonds. The number of rotatable bonds is 6. The van der Waals surface area contributed by atoms with Gasteiger partial charge in [-0.05, 0) is 25.3 Å². The van der Waals surface area contributed by atoms with Gasteiger partial charge in [-0.1, -0.05) is 6.07 Å². The molecule has 0 bridgehead atoms. The molecule has 1 atom stereocenters. The highest BCUT2D eigenvalue weighted by atomic mass is 32.1. The molecule has 0 aromatic carbocycles. The zero-order chi connectivity index (χ0) is 13.8. The molecular formula is C12H18N2O3S. The molecule has 1 heterocycles. The predicted octanol–water partition coefficient (Wildman–Crippen LogP) is 0.642. The zero-order valence-corrected chi connectivity index (χ0v) is 11.5. The number of amides is 2. The quantitative estimate of drug-likeness (QED) is 0.796. The summed E-state index contributed by atoms with van der Waals surface area (Å²) >= 11 is 1.50. The van der Waals surface area contributed by atoms with Gasteiger partial charge in [0.15, 0.2) is 0 Å². The molecule has 0 aliphatic carbocycles. The molecule has 5 nitrogen and oxygen atoms in total. The Hall–Kier alpha value is -1.40. The van der Waals surface area contributed by atoms with Crippen LogP contribution < -0.4 is 11.1 Å². The highest BCUT2D eigenvalue weighted by Gasteiger charge is 2.33. The number of carbonyl (C=O) groups excluding carboxylic acids is 2. The van der Waals surface area contributed by atoms with Gasteiger partial charge >= 0.3 is 0 Å². The monoisotopic (exact) mass is 270 g/mol. The maximum Gasteiger partial charge on any atom is 0.242 e. The standard InChI is InChI=1S/C12H18N2O3S/c1-12(2,9-5-4-6-18-9)11(16)14-8(7-17-3)10(13)15/h4-6,8H,7H2,1-3H3,(H2,13,15)(H,14,16). The minimum Gasteiger partial charge on any atom is -0.382 e. The Kier molecular flexibility index (Phi) is 4.86. The molecule has 0 radical (unpaired) electrons. The smallest absolute Gasteiger partial charge is 0.242 e. The van der Waals surface area contributed by atoms with Crippen LogP contribution in [0.3, 0.4) is 0 Å². The van der Waals surface area contributed by atoms with Gasteiger partial charge in [-0.25, -0.2) is 0 Å². The first-order chi connectivity index (χ1) is 8.39. The highest BCUT2D eigenvalue weighted by molar-refractivity contribution is 7.10. The maximum atomic E-state index is 12.2. The van der Waals surface area contributed by atoms with Crippen LogP contribution in [0.25, 0.3) is 0 Å². The first-order valence-corrected chi connectivity index (χ1v) is 6.40. The fourth-order valence-corrected chi connectivity index (χ4v) is 2.29. The van der Waals surface area contributed by atoms with Crippen molar-refractivity contribution in [3.63, 3.8) is 0 Å². The Labute approximate surface area is 110 Å². The number of nitrogens with two attached hydrogens (primary N) is 1. The van der Waals surface area contributed by atoms with E-state index in [1.165, 1.54) is 18.4 Å². The van der Waals surface area contributed by atoms with E-state index in [-0.39, 0.29) is 12.5 Å². The van der Waals surface area contributed by atoms with Gasteiger partial charge in [0, 0.05) is 12.0 Å². The van der Waals surface area contributed by atoms with Crippen LogP contribution in [0.15, 0.2) is 17.5 Å². The van der Waals surface area contributed by atoms with Crippen LogP contribution >= 0.6 is 11.3 Å². The number of nitrogens with one attached hydrogen (secondary N) is 1. The highest BCUT2D eigenvalue weighted by Crippen LogP contribution is 2.27. The minimum atomic E-state index is -0.804. The minimum absolute atomic E-state index is 0.0710. The van der Waals surface area contributed by atoms with Gasteiger partial charge in [0.2, 0.25) is 11.8 Å². The summed E-state index contributed by atoms with van der Waals surface area (Å²) in [5, 5.41) is 4.52. The number of ether oxygens (including phenoxy) is 1. The van der Waals surface area contributed by atoms with Crippen LogP contribution in [0.4, 0.5) is 0 Å². The predicted molar refractivity (Wildman–Crippen MR) is 70.3 cm³/mol. The summed E-state index contributed by atoms with van der Waals surface area (Å²) in [5.41, 5.74) is 4.50. The molecule has 6 heteroatoms. The molecule has 3 N–H and O–H groups in total. The van der Waals surface area contributed by atoms with Gasteiger partial charge in [-0.15, -0.1) is 11.3 Å². The van der Waals surface area contributed by atoms with Crippen molar-refractivity contribution in [3.8, 4) is 0 Å². The first kappa shape index (κ1) is 14.7. The molecule has 0 aliphatic heterocycles. The van der Waals surface area contributed by atoms with Crippen LogP contribution in [-0.2, 0) is 19.7 Å². The number of hydrogen-bond acceptors (Lipinski definition) is 4. The van der Waals surface area contributed by atoms with E-state index >= 15 is 0 Å². The molecule has 1 unspecified atom stereocenters. The van der Waals surface area contributed by atoms with Gasteiger partial charge in [0.25, 0.3) is 0 Å². The Morgan fingerprint density at radius 3 is 2.67 bits per heavy atom. The Balaban J connectivity index is 2.78. The second kappa shape index (κ2) is 5.97. The topological polar surface area (TPSA) is 81.4 Å². The molecule has 1 rings (SSSR count). The van der Waals surface area contributed by atoms with Crippen molar-refractivity contribution in [2.24, 2.45) is 5.73 Å². The number of primary amides is 1. The van der Waals surface area contributed by atoms with Crippen molar-refractivity contribution < 1.29 is 14.3 Å². The van der Waals surface area contributed by atoms with Crippen molar-refractivity contribution in [1.29, 1.82) is 0 Å². The number of hydrogen-bond donors (Lipinski definition) is 2. The number of thiophene rings is 1. The fourth-order valence-electron chi connectivity index (χ4n) is 1.45. The summed E-state index contributed by atoms with van der Waals surface area (Å²) in [7, 11) is 1.45. The number of carbonyl (C=O) groups is 2. The lowest BCUT2D eigenvalue weighted by molar-refractivity contribution is -0.131. The second-order valence-electron chi connectivity index (χ2n) is 4.49. The third-order valence-corrected chi connectivity index (χ3v) is 3.88. The summed E-state index contributed by atoms with van der Waals surface area (Å²) < 4.78 is 4.86. The Morgan fingerprint density at radius 2 is 2.22 bits per heavy atom. The zero-order valence-electron chi connectivity index (χ0n) is 10.7. The molecule has 1 aromatic rings. The molecule has 0 spiro atoms. The molecule has 0 fully saturated rings. The van der Waals surface area contributed by atoms with Gasteiger partial charge < -0.3 is 15.8 Å². The van der Waals surface area contributed by atoms with Gasteiger partial charge in [-0.3, -0.25) is 9.59 Å². The third-order valence-electron chi connectivity index (χ3n) is 2.69. The lowest BCUT2D eigenvalue weighted by Gasteiger charge is -2.25. The summed E-state index contributed by atoms with van der Waals surface area (Å²) in [5.74, 6) is -0.849. The Morgan fingerprint density at radius 1 is 1.56 bits per heavy atom. The average molecular weight is 270 g/mol. The average Bonchev–Trinajstić information content (AvgIpc) is 2.81. The molecule has 0 saturated carbocycles. The molecular weight excluding hydrogens is 252 g/mol. The van der Waals surface area contributed by atoms with Gasteiger partial charge in [0.05, 0.1) is 12.0 Å². The lowest BCUT2D eigenvalue weighted by Crippen LogP contribution is -2.52. The van der Waals surface area contributed by atoms with E-state index in [1.807, 2.05) is 17.5 Å². The van der Waals surface area contributed by atoms with E-state index in [4.69, 9.17) is 10.5 Å². The lowest BCUT2D eigenvalue weighted by atomic mass is 9.90. The second-order valence-corrected chi connectivity index (χ2v) is 5.43.